The van der Waals surface area contributed by atoms with Gasteiger partial charge in [-0.15, -0.1) is 11.8 Å². The molecule has 0 bridgehead atoms. The van der Waals surface area contributed by atoms with E-state index in [4.69, 9.17) is 0 Å². The van der Waals surface area contributed by atoms with Crippen molar-refractivity contribution in [1.29, 1.82) is 0 Å². The molecular weight excluding hydrogens is 370 g/mol. The zero-order chi connectivity index (χ0) is 19.3. The summed E-state index contributed by atoms with van der Waals surface area (Å²) in [5, 5.41) is 5.63. The topological polar surface area (TPSA) is 71.1 Å². The Hall–Kier alpha value is -3.12. The number of amides is 2. The number of thioether (sulfide) groups is 1. The first-order chi connectivity index (χ1) is 13.7. The first-order valence-electron chi connectivity index (χ1n) is 9.02. The Bertz CT molecular complexity index is 982. The van der Waals surface area contributed by atoms with E-state index < -0.39 is 0 Å². The van der Waals surface area contributed by atoms with E-state index in [0.717, 1.165) is 17.0 Å². The minimum absolute atomic E-state index is 0.0488. The Balaban J connectivity index is 1.37. The van der Waals surface area contributed by atoms with Crippen molar-refractivity contribution in [3.63, 3.8) is 0 Å². The van der Waals surface area contributed by atoms with Crippen LogP contribution in [0.25, 0.3) is 0 Å². The molecule has 0 aliphatic carbocycles. The summed E-state index contributed by atoms with van der Waals surface area (Å²) in [6.45, 7) is 0.354. The van der Waals surface area contributed by atoms with E-state index in [0.29, 0.717) is 17.8 Å². The molecule has 2 heterocycles. The number of fused-ring (bicyclic) bond motifs is 1. The van der Waals surface area contributed by atoms with Crippen LogP contribution >= 0.6 is 11.8 Å². The molecule has 140 valence electrons. The number of carbonyl (C=O) groups is 2. The van der Waals surface area contributed by atoms with Gasteiger partial charge in [-0.25, -0.2) is 0 Å². The highest BCUT2D eigenvalue weighted by Crippen LogP contribution is 2.37. The number of carbonyl (C=O) groups excluding carboxylic acids is 2. The third kappa shape index (κ3) is 4.23. The van der Waals surface area contributed by atoms with Crippen molar-refractivity contribution in [3.05, 3.63) is 89.7 Å². The minimum atomic E-state index is -0.204. The van der Waals surface area contributed by atoms with Crippen LogP contribution in [0.3, 0.4) is 0 Å². The van der Waals surface area contributed by atoms with Crippen LogP contribution in [-0.4, -0.2) is 22.0 Å². The summed E-state index contributed by atoms with van der Waals surface area (Å²) in [5.41, 5.74) is 3.11. The summed E-state index contributed by atoms with van der Waals surface area (Å²) in [7, 11) is 0. The zero-order valence-corrected chi connectivity index (χ0v) is 15.9. The number of rotatable bonds is 5. The summed E-state index contributed by atoms with van der Waals surface area (Å²) in [5.74, 6) is -0.253. The van der Waals surface area contributed by atoms with E-state index in [-0.39, 0.29) is 17.1 Å². The van der Waals surface area contributed by atoms with Crippen LogP contribution in [0, 0.1) is 0 Å². The lowest BCUT2D eigenvalue weighted by Crippen LogP contribution is -2.25. The molecular formula is C22H19N3O2S. The van der Waals surface area contributed by atoms with Crippen molar-refractivity contribution < 1.29 is 9.59 Å². The Morgan fingerprint density at radius 2 is 1.89 bits per heavy atom. The van der Waals surface area contributed by atoms with Crippen LogP contribution in [0.15, 0.2) is 77.8 Å². The molecule has 0 saturated heterocycles. The molecule has 6 heteroatoms. The maximum atomic E-state index is 12.6. The minimum Gasteiger partial charge on any atom is -0.346 e. The number of benzene rings is 2. The maximum Gasteiger partial charge on any atom is 0.251 e. The van der Waals surface area contributed by atoms with Gasteiger partial charge in [-0.3, -0.25) is 14.6 Å². The fraction of sp³-hybridized carbons (Fsp3) is 0.136. The molecule has 0 radical (unpaired) electrons. The molecule has 2 N–H and O–H groups in total. The number of hydrogen-bond donors (Lipinski definition) is 2. The van der Waals surface area contributed by atoms with Crippen LogP contribution in [0.1, 0.15) is 21.6 Å². The normalized spacial score (nSPS) is 14.9. The molecule has 5 nitrogen and oxygen atoms in total. The Labute approximate surface area is 167 Å². The van der Waals surface area contributed by atoms with Crippen molar-refractivity contribution in [3.8, 4) is 0 Å². The lowest BCUT2D eigenvalue weighted by atomic mass is 10.1. The van der Waals surface area contributed by atoms with Crippen LogP contribution < -0.4 is 10.6 Å². The molecule has 28 heavy (non-hydrogen) atoms. The quantitative estimate of drug-likeness (QED) is 0.699. The number of pyridine rings is 1. The van der Waals surface area contributed by atoms with Gasteiger partial charge in [-0.2, -0.15) is 0 Å². The molecule has 1 aromatic heterocycles. The van der Waals surface area contributed by atoms with Gasteiger partial charge in [0, 0.05) is 22.3 Å². The Morgan fingerprint density at radius 1 is 1.04 bits per heavy atom. The standard InChI is InChI=1S/C22H19N3O2S/c26-21(24-14-18-8-3-4-11-23-18)16-7-5-9-17(12-16)25-22(27)20-13-15-6-1-2-10-19(15)28-20/h1-12,20H,13-14H2,(H,24,26)(H,25,27). The van der Waals surface area contributed by atoms with Gasteiger partial charge < -0.3 is 10.6 Å². The van der Waals surface area contributed by atoms with E-state index in [2.05, 4.69) is 21.7 Å². The van der Waals surface area contributed by atoms with E-state index >= 15 is 0 Å². The van der Waals surface area contributed by atoms with E-state index in [1.807, 2.05) is 36.4 Å². The van der Waals surface area contributed by atoms with Gasteiger partial charge in [0.25, 0.3) is 5.91 Å². The summed E-state index contributed by atoms with van der Waals surface area (Å²) < 4.78 is 0. The van der Waals surface area contributed by atoms with Gasteiger partial charge in [0.15, 0.2) is 0 Å². The summed E-state index contributed by atoms with van der Waals surface area (Å²) >= 11 is 1.58. The van der Waals surface area contributed by atoms with Crippen LogP contribution in [0.5, 0.6) is 0 Å². The number of hydrogen-bond acceptors (Lipinski definition) is 4. The van der Waals surface area contributed by atoms with E-state index in [9.17, 15) is 9.59 Å². The molecule has 1 atom stereocenters. The van der Waals surface area contributed by atoms with Gasteiger partial charge in [0.2, 0.25) is 5.91 Å². The number of anilines is 1. The Kier molecular flexibility index (Phi) is 5.39. The molecule has 0 spiro atoms. The Morgan fingerprint density at radius 3 is 2.71 bits per heavy atom. The fourth-order valence-corrected chi connectivity index (χ4v) is 4.26. The number of nitrogens with one attached hydrogen (secondary N) is 2. The first kappa shape index (κ1) is 18.3. The molecule has 2 aromatic carbocycles. The molecule has 4 rings (SSSR count). The summed E-state index contributed by atoms with van der Waals surface area (Å²) in [6, 6.07) is 20.6. The predicted octanol–water partition coefficient (Wildman–Crippen LogP) is 3.67. The first-order valence-corrected chi connectivity index (χ1v) is 9.90. The van der Waals surface area contributed by atoms with Crippen LogP contribution in [-0.2, 0) is 17.8 Å². The molecule has 0 fully saturated rings. The van der Waals surface area contributed by atoms with Gasteiger partial charge in [-0.05, 0) is 48.4 Å². The monoisotopic (exact) mass is 389 g/mol. The van der Waals surface area contributed by atoms with Gasteiger partial charge in [0.1, 0.15) is 0 Å². The average Bonchev–Trinajstić information content (AvgIpc) is 3.17. The van der Waals surface area contributed by atoms with E-state index in [1.165, 1.54) is 5.56 Å². The predicted molar refractivity (Wildman–Crippen MR) is 110 cm³/mol. The third-order valence-electron chi connectivity index (χ3n) is 4.49. The van der Waals surface area contributed by atoms with Crippen molar-refractivity contribution in [2.75, 3.05) is 5.32 Å². The molecule has 1 aliphatic heterocycles. The van der Waals surface area contributed by atoms with Crippen LogP contribution in [0.2, 0.25) is 0 Å². The number of aromatic nitrogens is 1. The maximum absolute atomic E-state index is 12.6. The smallest absolute Gasteiger partial charge is 0.251 e. The number of nitrogens with zero attached hydrogens (tertiary/aromatic N) is 1. The highest BCUT2D eigenvalue weighted by Gasteiger charge is 2.28. The largest absolute Gasteiger partial charge is 0.346 e. The highest BCUT2D eigenvalue weighted by molar-refractivity contribution is 8.01. The van der Waals surface area contributed by atoms with Crippen molar-refractivity contribution in [2.45, 2.75) is 23.1 Å². The SMILES string of the molecule is O=C(NCc1ccccn1)c1cccc(NC(=O)C2Cc3ccccc3S2)c1. The van der Waals surface area contributed by atoms with Gasteiger partial charge in [0.05, 0.1) is 17.5 Å². The second-order valence-corrected chi connectivity index (χ2v) is 7.74. The second kappa shape index (κ2) is 8.27. The molecule has 2 amide bonds. The van der Waals surface area contributed by atoms with Gasteiger partial charge >= 0.3 is 0 Å². The zero-order valence-electron chi connectivity index (χ0n) is 15.1. The fourth-order valence-electron chi connectivity index (χ4n) is 3.06. The van der Waals surface area contributed by atoms with Crippen LogP contribution in [0.4, 0.5) is 5.69 Å². The van der Waals surface area contributed by atoms with E-state index in [1.54, 1.807) is 42.2 Å². The third-order valence-corrected chi connectivity index (χ3v) is 5.81. The highest BCUT2D eigenvalue weighted by atomic mass is 32.2. The lowest BCUT2D eigenvalue weighted by molar-refractivity contribution is -0.115. The van der Waals surface area contributed by atoms with Crippen molar-refractivity contribution in [2.24, 2.45) is 0 Å². The average molecular weight is 389 g/mol. The molecule has 0 saturated carbocycles. The van der Waals surface area contributed by atoms with Crippen molar-refractivity contribution in [1.82, 2.24) is 10.3 Å². The lowest BCUT2D eigenvalue weighted by Gasteiger charge is -2.11. The molecule has 3 aromatic rings. The summed E-state index contributed by atoms with van der Waals surface area (Å²) in [4.78, 5) is 30.4. The molecule has 1 unspecified atom stereocenters. The second-order valence-electron chi connectivity index (χ2n) is 6.49. The van der Waals surface area contributed by atoms with Crippen molar-refractivity contribution >= 4 is 29.3 Å². The summed E-state index contributed by atoms with van der Waals surface area (Å²) in [6.07, 6.45) is 2.41. The molecule has 1 aliphatic rings. The van der Waals surface area contributed by atoms with Gasteiger partial charge in [-0.1, -0.05) is 30.3 Å².